The molecule has 1 amide bonds. The molecular formula is C22H19BrFN3O3. The van der Waals surface area contributed by atoms with E-state index in [0.29, 0.717) is 39.3 Å². The Morgan fingerprint density at radius 3 is 2.70 bits per heavy atom. The molecule has 0 atom stereocenters. The lowest BCUT2D eigenvalue weighted by Gasteiger charge is -2.15. The highest BCUT2D eigenvalue weighted by atomic mass is 79.9. The second kappa shape index (κ2) is 10.5. The summed E-state index contributed by atoms with van der Waals surface area (Å²) in [5, 5.41) is 3.98. The molecule has 3 aromatic rings. The standard InChI is InChI=1S/C22H19BrFN3O3/c1-2-29-20-12-15(13-26-27-22(28)16-7-9-25-10-8-16)11-18(23)21(20)30-14-17-5-3-4-6-19(17)24/h3-13H,2,14H2,1H3,(H,27,28). The van der Waals surface area contributed by atoms with Crippen molar-refractivity contribution in [3.8, 4) is 11.5 Å². The van der Waals surface area contributed by atoms with E-state index in [-0.39, 0.29) is 18.3 Å². The summed E-state index contributed by atoms with van der Waals surface area (Å²) in [6.07, 6.45) is 4.56. The van der Waals surface area contributed by atoms with Crippen LogP contribution in [0.15, 0.2) is 70.5 Å². The number of amides is 1. The highest BCUT2D eigenvalue weighted by molar-refractivity contribution is 9.10. The third-order valence-corrected chi connectivity index (χ3v) is 4.57. The Hall–Kier alpha value is -3.26. The van der Waals surface area contributed by atoms with E-state index in [0.717, 1.165) is 0 Å². The average molecular weight is 472 g/mol. The number of carbonyl (C=O) groups is 1. The minimum atomic E-state index is -0.345. The molecule has 30 heavy (non-hydrogen) atoms. The third-order valence-electron chi connectivity index (χ3n) is 3.98. The molecular weight excluding hydrogens is 453 g/mol. The van der Waals surface area contributed by atoms with Gasteiger partial charge in [0.2, 0.25) is 0 Å². The molecule has 1 N–H and O–H groups in total. The lowest BCUT2D eigenvalue weighted by Crippen LogP contribution is -2.17. The van der Waals surface area contributed by atoms with Crippen LogP contribution in [-0.4, -0.2) is 23.7 Å². The Kier molecular flexibility index (Phi) is 7.51. The van der Waals surface area contributed by atoms with Gasteiger partial charge in [-0.2, -0.15) is 5.10 Å². The van der Waals surface area contributed by atoms with Crippen LogP contribution in [0.2, 0.25) is 0 Å². The smallest absolute Gasteiger partial charge is 0.271 e. The fraction of sp³-hybridized carbons (Fsp3) is 0.136. The Bertz CT molecular complexity index is 1050. The number of hydrogen-bond acceptors (Lipinski definition) is 5. The number of carbonyl (C=O) groups excluding carboxylic acids is 1. The van der Waals surface area contributed by atoms with Crippen LogP contribution in [-0.2, 0) is 6.61 Å². The molecule has 1 aromatic heterocycles. The van der Waals surface area contributed by atoms with E-state index in [2.05, 4.69) is 31.4 Å². The lowest BCUT2D eigenvalue weighted by atomic mass is 10.2. The van der Waals surface area contributed by atoms with Gasteiger partial charge in [-0.3, -0.25) is 9.78 Å². The van der Waals surface area contributed by atoms with Crippen molar-refractivity contribution in [3.05, 3.63) is 87.9 Å². The number of benzene rings is 2. The first-order valence-corrected chi connectivity index (χ1v) is 9.93. The number of nitrogens with zero attached hydrogens (tertiary/aromatic N) is 2. The number of hydrogen-bond donors (Lipinski definition) is 1. The number of aromatic nitrogens is 1. The zero-order chi connectivity index (χ0) is 21.3. The molecule has 0 bridgehead atoms. The van der Waals surface area contributed by atoms with Gasteiger partial charge in [0, 0.05) is 23.5 Å². The molecule has 2 aromatic carbocycles. The molecule has 154 valence electrons. The van der Waals surface area contributed by atoms with Crippen LogP contribution in [0.3, 0.4) is 0 Å². The highest BCUT2D eigenvalue weighted by Gasteiger charge is 2.13. The minimum Gasteiger partial charge on any atom is -0.490 e. The van der Waals surface area contributed by atoms with E-state index in [1.165, 1.54) is 24.7 Å². The predicted octanol–water partition coefficient (Wildman–Crippen LogP) is 4.72. The number of rotatable bonds is 8. The molecule has 0 aliphatic carbocycles. The van der Waals surface area contributed by atoms with E-state index in [1.807, 2.05) is 6.92 Å². The molecule has 0 saturated heterocycles. The predicted molar refractivity (Wildman–Crippen MR) is 115 cm³/mol. The van der Waals surface area contributed by atoms with Crippen LogP contribution in [0, 0.1) is 5.82 Å². The quantitative estimate of drug-likeness (QED) is 0.380. The summed E-state index contributed by atoms with van der Waals surface area (Å²) in [5.74, 6) is 0.256. The summed E-state index contributed by atoms with van der Waals surface area (Å²) in [6.45, 7) is 2.33. The summed E-state index contributed by atoms with van der Waals surface area (Å²) in [6, 6.07) is 13.1. The van der Waals surface area contributed by atoms with Crippen LogP contribution >= 0.6 is 15.9 Å². The largest absolute Gasteiger partial charge is 0.490 e. The molecule has 0 radical (unpaired) electrons. The van der Waals surface area contributed by atoms with Crippen molar-refractivity contribution < 1.29 is 18.7 Å². The zero-order valence-corrected chi connectivity index (χ0v) is 17.7. The minimum absolute atomic E-state index is 0.0563. The summed E-state index contributed by atoms with van der Waals surface area (Å²) in [5.41, 5.74) is 4.03. The lowest BCUT2D eigenvalue weighted by molar-refractivity contribution is 0.0955. The Balaban J connectivity index is 1.73. The van der Waals surface area contributed by atoms with E-state index >= 15 is 0 Å². The van der Waals surface area contributed by atoms with Crippen LogP contribution < -0.4 is 14.9 Å². The van der Waals surface area contributed by atoms with Crippen molar-refractivity contribution in [1.29, 1.82) is 0 Å². The Morgan fingerprint density at radius 1 is 1.20 bits per heavy atom. The number of nitrogens with one attached hydrogen (secondary N) is 1. The van der Waals surface area contributed by atoms with Gasteiger partial charge in [-0.1, -0.05) is 18.2 Å². The summed E-state index contributed by atoms with van der Waals surface area (Å²) >= 11 is 3.46. The van der Waals surface area contributed by atoms with Crippen LogP contribution in [0.25, 0.3) is 0 Å². The molecule has 0 aliphatic heterocycles. The number of ether oxygens (including phenoxy) is 2. The van der Waals surface area contributed by atoms with Gasteiger partial charge in [-0.15, -0.1) is 0 Å². The van der Waals surface area contributed by atoms with Gasteiger partial charge in [0.25, 0.3) is 5.91 Å². The van der Waals surface area contributed by atoms with Crippen molar-refractivity contribution in [1.82, 2.24) is 10.4 Å². The molecule has 0 spiro atoms. The molecule has 6 nitrogen and oxygen atoms in total. The maximum Gasteiger partial charge on any atom is 0.271 e. The van der Waals surface area contributed by atoms with Crippen LogP contribution in [0.1, 0.15) is 28.4 Å². The second-order valence-corrected chi connectivity index (χ2v) is 6.93. The highest BCUT2D eigenvalue weighted by Crippen LogP contribution is 2.37. The average Bonchev–Trinajstić information content (AvgIpc) is 2.75. The van der Waals surface area contributed by atoms with Gasteiger partial charge in [-0.25, -0.2) is 9.82 Å². The first-order valence-electron chi connectivity index (χ1n) is 9.14. The third kappa shape index (κ3) is 5.64. The van der Waals surface area contributed by atoms with E-state index in [9.17, 15) is 9.18 Å². The molecule has 0 aliphatic rings. The van der Waals surface area contributed by atoms with Crippen LogP contribution in [0.4, 0.5) is 4.39 Å². The van der Waals surface area contributed by atoms with Gasteiger partial charge in [0.15, 0.2) is 11.5 Å². The van der Waals surface area contributed by atoms with Gasteiger partial charge in [0.05, 0.1) is 17.3 Å². The maximum absolute atomic E-state index is 13.9. The van der Waals surface area contributed by atoms with Crippen LogP contribution in [0.5, 0.6) is 11.5 Å². The maximum atomic E-state index is 13.9. The first-order chi connectivity index (χ1) is 14.6. The van der Waals surface area contributed by atoms with Gasteiger partial charge in [0.1, 0.15) is 12.4 Å². The van der Waals surface area contributed by atoms with Gasteiger partial charge >= 0.3 is 0 Å². The molecule has 1 heterocycles. The van der Waals surface area contributed by atoms with Crippen molar-refractivity contribution in [3.63, 3.8) is 0 Å². The van der Waals surface area contributed by atoms with Crippen molar-refractivity contribution in [2.75, 3.05) is 6.61 Å². The number of halogens is 2. The van der Waals surface area contributed by atoms with Crippen molar-refractivity contribution in [2.45, 2.75) is 13.5 Å². The Morgan fingerprint density at radius 2 is 1.97 bits per heavy atom. The fourth-order valence-corrected chi connectivity index (χ4v) is 3.14. The SMILES string of the molecule is CCOc1cc(C=NNC(=O)c2ccncc2)cc(Br)c1OCc1ccccc1F. The molecule has 0 saturated carbocycles. The van der Waals surface area contributed by atoms with Crippen molar-refractivity contribution >= 4 is 28.1 Å². The summed E-state index contributed by atoms with van der Waals surface area (Å²) in [7, 11) is 0. The fourth-order valence-electron chi connectivity index (χ4n) is 2.56. The van der Waals surface area contributed by atoms with Crippen molar-refractivity contribution in [2.24, 2.45) is 5.10 Å². The van der Waals surface area contributed by atoms with E-state index in [4.69, 9.17) is 9.47 Å². The summed E-state index contributed by atoms with van der Waals surface area (Å²) < 4.78 is 26.0. The normalized spacial score (nSPS) is 10.8. The Labute approximate surface area is 181 Å². The molecule has 0 unspecified atom stereocenters. The topological polar surface area (TPSA) is 72.8 Å². The molecule has 8 heteroatoms. The monoisotopic (exact) mass is 471 g/mol. The van der Waals surface area contributed by atoms with Gasteiger partial charge < -0.3 is 9.47 Å². The molecule has 3 rings (SSSR count). The number of hydrazone groups is 1. The molecule has 0 fully saturated rings. The summed E-state index contributed by atoms with van der Waals surface area (Å²) in [4.78, 5) is 15.9. The van der Waals surface area contributed by atoms with Gasteiger partial charge in [-0.05, 0) is 58.7 Å². The van der Waals surface area contributed by atoms with E-state index < -0.39 is 0 Å². The van der Waals surface area contributed by atoms with E-state index in [1.54, 1.807) is 42.5 Å². The first kappa shape index (κ1) is 21.4. The second-order valence-electron chi connectivity index (χ2n) is 6.08. The zero-order valence-electron chi connectivity index (χ0n) is 16.1. The number of pyridine rings is 1.